The highest BCUT2D eigenvalue weighted by molar-refractivity contribution is 5.72. The molecule has 82 heavy (non-hydrogen) atoms. The van der Waals surface area contributed by atoms with Crippen molar-refractivity contribution in [2.24, 2.45) is 0 Å². The van der Waals surface area contributed by atoms with E-state index in [9.17, 15) is 14.4 Å². The van der Waals surface area contributed by atoms with Crippen molar-refractivity contribution in [3.63, 3.8) is 0 Å². The van der Waals surface area contributed by atoms with Gasteiger partial charge in [-0.3, -0.25) is 14.4 Å². The zero-order valence-corrected chi connectivity index (χ0v) is 55.0. The van der Waals surface area contributed by atoms with Crippen molar-refractivity contribution in [2.75, 3.05) is 13.2 Å². The summed E-state index contributed by atoms with van der Waals surface area (Å²) in [6.07, 6.45) is 91.6. The van der Waals surface area contributed by atoms with E-state index in [-0.39, 0.29) is 31.6 Å². The van der Waals surface area contributed by atoms with Crippen LogP contribution in [0.1, 0.15) is 387 Å². The number of carbonyl (C=O) groups excluding carboxylic acids is 3. The Morgan fingerprint density at radius 2 is 0.476 bits per heavy atom. The zero-order valence-electron chi connectivity index (χ0n) is 55.0. The molecule has 0 N–H and O–H groups in total. The Hall–Kier alpha value is -2.89. The molecule has 0 heterocycles. The monoisotopic (exact) mass is 1150 g/mol. The van der Waals surface area contributed by atoms with Gasteiger partial charge < -0.3 is 14.2 Å². The molecule has 0 radical (unpaired) electrons. The van der Waals surface area contributed by atoms with Crippen molar-refractivity contribution < 1.29 is 28.6 Å². The van der Waals surface area contributed by atoms with Crippen LogP contribution in [0.2, 0.25) is 0 Å². The van der Waals surface area contributed by atoms with E-state index in [4.69, 9.17) is 14.2 Å². The topological polar surface area (TPSA) is 78.9 Å². The number of unbranched alkanes of at least 4 members (excludes halogenated alkanes) is 47. The molecule has 0 aliphatic heterocycles. The molecule has 0 saturated carbocycles. The van der Waals surface area contributed by atoms with E-state index in [1.54, 1.807) is 0 Å². The lowest BCUT2D eigenvalue weighted by atomic mass is 10.0. The number of allylic oxidation sites excluding steroid dienone is 9. The van der Waals surface area contributed by atoms with Gasteiger partial charge in [-0.25, -0.2) is 0 Å². The van der Waals surface area contributed by atoms with E-state index in [0.29, 0.717) is 12.8 Å². The predicted octanol–water partition coefficient (Wildman–Crippen LogP) is 25.1. The summed E-state index contributed by atoms with van der Waals surface area (Å²) in [5.74, 6) is -1.01. The molecular formula is C76H138O6. The number of carbonyl (C=O) groups is 3. The molecule has 0 aromatic rings. The lowest BCUT2D eigenvalue weighted by Crippen LogP contribution is -2.30. The third kappa shape index (κ3) is 67.9. The molecule has 0 aromatic carbocycles. The minimum Gasteiger partial charge on any atom is -0.462 e. The highest BCUT2D eigenvalue weighted by Gasteiger charge is 2.19. The Bertz CT molecular complexity index is 1460. The van der Waals surface area contributed by atoms with Crippen LogP contribution in [-0.2, 0) is 28.6 Å². The van der Waals surface area contributed by atoms with Gasteiger partial charge in [-0.05, 0) is 44.9 Å². The second-order valence-corrected chi connectivity index (χ2v) is 24.5. The average Bonchev–Trinajstić information content (AvgIpc) is 3.48. The van der Waals surface area contributed by atoms with Gasteiger partial charge in [0.25, 0.3) is 0 Å². The first-order valence-corrected chi connectivity index (χ1v) is 36.3. The Kier molecular flexibility index (Phi) is 68.1. The molecular weight excluding hydrogens is 1010 g/mol. The van der Waals surface area contributed by atoms with Crippen LogP contribution >= 0.6 is 0 Å². The molecule has 0 rings (SSSR count). The molecule has 0 amide bonds. The van der Waals surface area contributed by atoms with Crippen molar-refractivity contribution in [1.82, 2.24) is 0 Å². The van der Waals surface area contributed by atoms with Gasteiger partial charge >= 0.3 is 17.9 Å². The highest BCUT2D eigenvalue weighted by Crippen LogP contribution is 2.19. The standard InChI is InChI=1S/C76H138O6/c1-4-7-10-13-16-19-22-25-28-30-31-32-33-34-35-36-37-38-39-40-41-42-43-44-46-48-51-54-57-60-63-66-69-75(78)81-72-73(71-80-74(77)68-65-62-59-56-53-50-47-27-24-21-18-15-12-9-6-3)82-76(79)70-67-64-61-58-55-52-49-45-29-26-23-20-17-14-11-8-5-2/h9,12,18,21,27,47,53,56,62,65,73H,4-8,10-11,13-17,19-20,22-26,28-46,48-52,54-55,57-61,63-64,66-72H2,1-3H3/b12-9-,21-18-,47-27-,56-53-,65-62-. The van der Waals surface area contributed by atoms with Crippen LogP contribution in [-0.4, -0.2) is 37.2 Å². The number of hydrogen-bond donors (Lipinski definition) is 0. The molecule has 478 valence electrons. The maximum absolute atomic E-state index is 12.9. The van der Waals surface area contributed by atoms with Crippen molar-refractivity contribution in [3.05, 3.63) is 60.8 Å². The van der Waals surface area contributed by atoms with Crippen LogP contribution < -0.4 is 0 Å². The molecule has 6 nitrogen and oxygen atoms in total. The quantitative estimate of drug-likeness (QED) is 0.0261. The summed E-state index contributed by atoms with van der Waals surface area (Å²) in [7, 11) is 0. The Morgan fingerprint density at radius 1 is 0.256 bits per heavy atom. The number of esters is 3. The van der Waals surface area contributed by atoms with E-state index in [0.717, 1.165) is 70.6 Å². The first-order chi connectivity index (χ1) is 40.5. The zero-order chi connectivity index (χ0) is 59.2. The van der Waals surface area contributed by atoms with Crippen LogP contribution in [0.15, 0.2) is 60.8 Å². The largest absolute Gasteiger partial charge is 0.462 e. The summed E-state index contributed by atoms with van der Waals surface area (Å²) in [6, 6.07) is 0. The van der Waals surface area contributed by atoms with Gasteiger partial charge in [0.05, 0.1) is 6.42 Å². The summed E-state index contributed by atoms with van der Waals surface area (Å²) in [6.45, 7) is 6.51. The highest BCUT2D eigenvalue weighted by atomic mass is 16.6. The van der Waals surface area contributed by atoms with Gasteiger partial charge in [-0.15, -0.1) is 0 Å². The summed E-state index contributed by atoms with van der Waals surface area (Å²) >= 11 is 0. The van der Waals surface area contributed by atoms with E-state index in [1.165, 1.54) is 276 Å². The first kappa shape index (κ1) is 79.1. The second-order valence-electron chi connectivity index (χ2n) is 24.5. The minimum atomic E-state index is -0.812. The fourth-order valence-corrected chi connectivity index (χ4v) is 10.9. The molecule has 0 saturated heterocycles. The Balaban J connectivity index is 4.19. The lowest BCUT2D eigenvalue weighted by Gasteiger charge is -2.18. The summed E-state index contributed by atoms with van der Waals surface area (Å²) in [4.78, 5) is 38.3. The fourth-order valence-electron chi connectivity index (χ4n) is 10.9. The average molecular weight is 1150 g/mol. The van der Waals surface area contributed by atoms with Gasteiger partial charge in [-0.2, -0.15) is 0 Å². The smallest absolute Gasteiger partial charge is 0.309 e. The first-order valence-electron chi connectivity index (χ1n) is 36.3. The van der Waals surface area contributed by atoms with E-state index < -0.39 is 12.1 Å². The van der Waals surface area contributed by atoms with Crippen molar-refractivity contribution in [2.45, 2.75) is 393 Å². The SMILES string of the molecule is CC/C=C\C/C=C\C/C=C\C/C=C\C/C=C\CC(=O)OCC(COC(=O)CCCCCCCCCCCCCCCCCCCCCCCCCCCCCCCCCC)OC(=O)CCCCCCCCCCCCCCCCCCC. The second kappa shape index (κ2) is 70.6. The van der Waals surface area contributed by atoms with Gasteiger partial charge in [0, 0.05) is 12.8 Å². The number of rotatable bonds is 67. The molecule has 0 aliphatic carbocycles. The van der Waals surface area contributed by atoms with Crippen LogP contribution in [0.25, 0.3) is 0 Å². The Morgan fingerprint density at radius 3 is 0.744 bits per heavy atom. The molecule has 0 aromatic heterocycles. The molecule has 1 unspecified atom stereocenters. The van der Waals surface area contributed by atoms with Crippen molar-refractivity contribution in [1.29, 1.82) is 0 Å². The van der Waals surface area contributed by atoms with Gasteiger partial charge in [0.2, 0.25) is 0 Å². The van der Waals surface area contributed by atoms with E-state index in [2.05, 4.69) is 69.4 Å². The normalized spacial score (nSPS) is 12.4. The number of hydrogen-bond acceptors (Lipinski definition) is 6. The summed E-state index contributed by atoms with van der Waals surface area (Å²) in [5.41, 5.74) is 0. The molecule has 0 aliphatic rings. The van der Waals surface area contributed by atoms with Gasteiger partial charge in [0.15, 0.2) is 6.10 Å². The van der Waals surface area contributed by atoms with E-state index in [1.807, 2.05) is 12.2 Å². The summed E-state index contributed by atoms with van der Waals surface area (Å²) in [5, 5.41) is 0. The van der Waals surface area contributed by atoms with Crippen LogP contribution in [0.5, 0.6) is 0 Å². The van der Waals surface area contributed by atoms with Gasteiger partial charge in [0.1, 0.15) is 13.2 Å². The molecule has 0 spiro atoms. The van der Waals surface area contributed by atoms with Crippen molar-refractivity contribution >= 4 is 17.9 Å². The predicted molar refractivity (Wildman–Crippen MR) is 358 cm³/mol. The van der Waals surface area contributed by atoms with E-state index >= 15 is 0 Å². The molecule has 0 bridgehead atoms. The Labute approximate surface area is 510 Å². The maximum atomic E-state index is 12.9. The number of ether oxygens (including phenoxy) is 3. The van der Waals surface area contributed by atoms with Crippen LogP contribution in [0.3, 0.4) is 0 Å². The van der Waals surface area contributed by atoms with Crippen molar-refractivity contribution in [3.8, 4) is 0 Å². The molecule has 6 heteroatoms. The third-order valence-electron chi connectivity index (χ3n) is 16.3. The van der Waals surface area contributed by atoms with Crippen LogP contribution in [0, 0.1) is 0 Å². The third-order valence-corrected chi connectivity index (χ3v) is 16.3. The molecule has 0 fully saturated rings. The van der Waals surface area contributed by atoms with Crippen LogP contribution in [0.4, 0.5) is 0 Å². The lowest BCUT2D eigenvalue weighted by molar-refractivity contribution is -0.166. The van der Waals surface area contributed by atoms with Gasteiger partial charge in [-0.1, -0.05) is 383 Å². The summed E-state index contributed by atoms with van der Waals surface area (Å²) < 4.78 is 16.9. The fraction of sp³-hybridized carbons (Fsp3) is 0.829. The molecule has 1 atom stereocenters. The maximum Gasteiger partial charge on any atom is 0.309 e. The minimum absolute atomic E-state index is 0.0990.